The van der Waals surface area contributed by atoms with E-state index in [0.29, 0.717) is 31.3 Å². The summed E-state index contributed by atoms with van der Waals surface area (Å²) in [4.78, 5) is 12.0. The van der Waals surface area contributed by atoms with Gasteiger partial charge in [-0.1, -0.05) is 58.4 Å². The zero-order valence-electron chi connectivity index (χ0n) is 16.7. The largest absolute Gasteiger partial charge is 0.462 e. The normalized spacial score (nSPS) is 19.8. The molecule has 0 aliphatic carbocycles. The van der Waals surface area contributed by atoms with Crippen LogP contribution in [-0.2, 0) is 14.2 Å². The smallest absolute Gasteiger partial charge is 0.338 e. The Balaban J connectivity index is 1.81. The SMILES string of the molecule is CCCCCCOC(=O)c1ccc(C2OCC(CCCCC)CO2)c(F)c1. The molecule has 1 heterocycles. The lowest BCUT2D eigenvalue weighted by Crippen LogP contribution is -2.27. The van der Waals surface area contributed by atoms with Crippen molar-refractivity contribution in [1.29, 1.82) is 0 Å². The Kier molecular flexibility index (Phi) is 9.78. The topological polar surface area (TPSA) is 44.8 Å². The van der Waals surface area contributed by atoms with Gasteiger partial charge in [-0.2, -0.15) is 0 Å². The van der Waals surface area contributed by atoms with Crippen LogP contribution in [0.5, 0.6) is 0 Å². The van der Waals surface area contributed by atoms with Gasteiger partial charge in [-0.05, 0) is 25.0 Å². The number of unbranched alkanes of at least 4 members (excludes halogenated alkanes) is 5. The minimum absolute atomic E-state index is 0.222. The molecule has 1 aliphatic heterocycles. The van der Waals surface area contributed by atoms with E-state index in [1.165, 1.54) is 25.3 Å². The molecular weight excluding hydrogens is 347 g/mol. The van der Waals surface area contributed by atoms with E-state index in [9.17, 15) is 9.18 Å². The van der Waals surface area contributed by atoms with Crippen LogP contribution in [0, 0.1) is 11.7 Å². The summed E-state index contributed by atoms with van der Waals surface area (Å²) in [6.07, 6.45) is 8.07. The van der Waals surface area contributed by atoms with Gasteiger partial charge in [0.1, 0.15) is 5.82 Å². The van der Waals surface area contributed by atoms with Crippen LogP contribution >= 0.6 is 0 Å². The number of carbonyl (C=O) groups excluding carboxylic acids is 1. The molecule has 0 saturated carbocycles. The van der Waals surface area contributed by atoms with Crippen LogP contribution in [0.4, 0.5) is 4.39 Å². The monoisotopic (exact) mass is 380 g/mol. The first kappa shape index (κ1) is 21.8. The Morgan fingerprint density at radius 1 is 1.07 bits per heavy atom. The maximum absolute atomic E-state index is 14.5. The Bertz CT molecular complexity index is 567. The van der Waals surface area contributed by atoms with Gasteiger partial charge in [0.05, 0.1) is 25.4 Å². The molecule has 1 aliphatic rings. The molecular formula is C22H33FO4. The van der Waals surface area contributed by atoms with Crippen molar-refractivity contribution < 1.29 is 23.4 Å². The van der Waals surface area contributed by atoms with Crippen LogP contribution < -0.4 is 0 Å². The molecule has 27 heavy (non-hydrogen) atoms. The molecule has 0 atom stereocenters. The molecule has 152 valence electrons. The number of esters is 1. The molecule has 5 heteroatoms. The van der Waals surface area contributed by atoms with Gasteiger partial charge >= 0.3 is 5.97 Å². The molecule has 1 aromatic rings. The molecule has 1 fully saturated rings. The third kappa shape index (κ3) is 7.23. The lowest BCUT2D eigenvalue weighted by atomic mass is 10.0. The van der Waals surface area contributed by atoms with Gasteiger partial charge in [-0.15, -0.1) is 0 Å². The van der Waals surface area contributed by atoms with E-state index in [4.69, 9.17) is 14.2 Å². The fraction of sp³-hybridized carbons (Fsp3) is 0.682. The second-order valence-corrected chi connectivity index (χ2v) is 7.29. The van der Waals surface area contributed by atoms with E-state index in [2.05, 4.69) is 13.8 Å². The lowest BCUT2D eigenvalue weighted by Gasteiger charge is -2.29. The van der Waals surface area contributed by atoms with E-state index in [-0.39, 0.29) is 5.56 Å². The van der Waals surface area contributed by atoms with Crippen LogP contribution in [0.15, 0.2) is 18.2 Å². The molecule has 0 aromatic heterocycles. The van der Waals surface area contributed by atoms with Crippen molar-refractivity contribution in [2.24, 2.45) is 5.92 Å². The molecule has 0 radical (unpaired) electrons. The molecule has 0 N–H and O–H groups in total. The summed E-state index contributed by atoms with van der Waals surface area (Å²) in [5.41, 5.74) is 0.557. The third-order valence-corrected chi connectivity index (χ3v) is 4.90. The number of rotatable bonds is 11. The Morgan fingerprint density at radius 3 is 2.44 bits per heavy atom. The van der Waals surface area contributed by atoms with E-state index < -0.39 is 18.1 Å². The van der Waals surface area contributed by atoms with Gasteiger partial charge in [0.15, 0.2) is 6.29 Å². The Morgan fingerprint density at radius 2 is 1.78 bits per heavy atom. The first-order valence-corrected chi connectivity index (χ1v) is 10.4. The van der Waals surface area contributed by atoms with Crippen molar-refractivity contribution >= 4 is 5.97 Å². The average Bonchev–Trinajstić information content (AvgIpc) is 2.68. The predicted octanol–water partition coefficient (Wildman–Crippen LogP) is 5.80. The van der Waals surface area contributed by atoms with Crippen LogP contribution in [0.1, 0.15) is 87.4 Å². The number of halogens is 1. The standard InChI is InChI=1S/C22H33FO4/c1-3-5-7-9-13-25-21(24)18-11-12-19(20(23)14-18)22-26-15-17(16-27-22)10-8-6-4-2/h11-12,14,17,22H,3-10,13,15-16H2,1-2H3. The van der Waals surface area contributed by atoms with Crippen molar-refractivity contribution in [3.8, 4) is 0 Å². The summed E-state index contributed by atoms with van der Waals surface area (Å²) in [5, 5.41) is 0. The minimum atomic E-state index is -0.702. The van der Waals surface area contributed by atoms with Crippen molar-refractivity contribution in [1.82, 2.24) is 0 Å². The first-order valence-electron chi connectivity index (χ1n) is 10.4. The molecule has 4 nitrogen and oxygen atoms in total. The lowest BCUT2D eigenvalue weighted by molar-refractivity contribution is -0.207. The quantitative estimate of drug-likeness (QED) is 0.359. The number of carbonyl (C=O) groups is 1. The van der Waals surface area contributed by atoms with Gasteiger partial charge in [0.25, 0.3) is 0 Å². The van der Waals surface area contributed by atoms with E-state index >= 15 is 0 Å². The molecule has 1 saturated heterocycles. The van der Waals surface area contributed by atoms with Gasteiger partial charge in [0, 0.05) is 11.5 Å². The maximum Gasteiger partial charge on any atom is 0.338 e. The second kappa shape index (κ2) is 12.1. The highest BCUT2D eigenvalue weighted by molar-refractivity contribution is 5.89. The number of ether oxygens (including phenoxy) is 3. The van der Waals surface area contributed by atoms with Crippen LogP contribution in [0.3, 0.4) is 0 Å². The fourth-order valence-corrected chi connectivity index (χ4v) is 3.19. The highest BCUT2D eigenvalue weighted by Crippen LogP contribution is 2.29. The first-order chi connectivity index (χ1) is 13.2. The second-order valence-electron chi connectivity index (χ2n) is 7.29. The Labute approximate surface area is 162 Å². The Hall–Kier alpha value is -1.46. The van der Waals surface area contributed by atoms with Crippen molar-refractivity contribution in [2.45, 2.75) is 71.5 Å². The van der Waals surface area contributed by atoms with E-state index in [1.807, 2.05) is 0 Å². The van der Waals surface area contributed by atoms with Gasteiger partial charge in [-0.3, -0.25) is 0 Å². The summed E-state index contributed by atoms with van der Waals surface area (Å²) in [5.74, 6) is -0.610. The van der Waals surface area contributed by atoms with Crippen molar-refractivity contribution in [3.05, 3.63) is 35.1 Å². The number of hydrogen-bond donors (Lipinski definition) is 0. The van der Waals surface area contributed by atoms with Gasteiger partial charge < -0.3 is 14.2 Å². The summed E-state index contributed by atoms with van der Waals surface area (Å²) in [6, 6.07) is 4.35. The molecule has 0 amide bonds. The zero-order chi connectivity index (χ0) is 19.5. The van der Waals surface area contributed by atoms with Crippen LogP contribution in [0.2, 0.25) is 0 Å². The van der Waals surface area contributed by atoms with Gasteiger partial charge in [0.2, 0.25) is 0 Å². The van der Waals surface area contributed by atoms with E-state index in [0.717, 1.165) is 32.1 Å². The molecule has 0 bridgehead atoms. The number of hydrogen-bond acceptors (Lipinski definition) is 4. The predicted molar refractivity (Wildman–Crippen MR) is 103 cm³/mol. The average molecular weight is 381 g/mol. The van der Waals surface area contributed by atoms with Crippen molar-refractivity contribution in [2.75, 3.05) is 19.8 Å². The molecule has 1 aromatic carbocycles. The zero-order valence-corrected chi connectivity index (χ0v) is 16.7. The molecule has 0 spiro atoms. The van der Waals surface area contributed by atoms with Crippen molar-refractivity contribution in [3.63, 3.8) is 0 Å². The summed E-state index contributed by atoms with van der Waals surface area (Å²) >= 11 is 0. The summed E-state index contributed by atoms with van der Waals surface area (Å²) in [6.45, 7) is 5.84. The highest BCUT2D eigenvalue weighted by Gasteiger charge is 2.26. The van der Waals surface area contributed by atoms with Crippen LogP contribution in [0.25, 0.3) is 0 Å². The highest BCUT2D eigenvalue weighted by atomic mass is 19.1. The fourth-order valence-electron chi connectivity index (χ4n) is 3.19. The molecule has 2 rings (SSSR count). The van der Waals surface area contributed by atoms with Crippen LogP contribution in [-0.4, -0.2) is 25.8 Å². The minimum Gasteiger partial charge on any atom is -0.462 e. The van der Waals surface area contributed by atoms with Gasteiger partial charge in [-0.25, -0.2) is 9.18 Å². The maximum atomic E-state index is 14.5. The number of benzene rings is 1. The molecule has 0 unspecified atom stereocenters. The summed E-state index contributed by atoms with van der Waals surface area (Å²) in [7, 11) is 0. The van der Waals surface area contributed by atoms with E-state index in [1.54, 1.807) is 12.1 Å². The third-order valence-electron chi connectivity index (χ3n) is 4.90. The summed E-state index contributed by atoms with van der Waals surface area (Å²) < 4.78 is 31.1.